The second-order valence-corrected chi connectivity index (χ2v) is 6.73. The molecule has 1 aliphatic rings. The lowest BCUT2D eigenvalue weighted by molar-refractivity contribution is -0.147. The minimum absolute atomic E-state index is 0.0913. The number of carbonyl (C=O) groups is 1. The van der Waals surface area contributed by atoms with Gasteiger partial charge >= 0.3 is 5.97 Å². The van der Waals surface area contributed by atoms with Crippen molar-refractivity contribution in [2.75, 3.05) is 0 Å². The van der Waals surface area contributed by atoms with Crippen LogP contribution in [-0.2, 0) is 16.1 Å². The van der Waals surface area contributed by atoms with E-state index in [0.717, 1.165) is 5.57 Å². The highest BCUT2D eigenvalue weighted by Gasteiger charge is 2.61. The second-order valence-electron chi connectivity index (χ2n) is 6.73. The molecule has 2 rings (SSSR count). The number of benzene rings is 1. The first kappa shape index (κ1) is 18.4. The van der Waals surface area contributed by atoms with Crippen LogP contribution < -0.4 is 0 Å². The summed E-state index contributed by atoms with van der Waals surface area (Å²) >= 11 is 0. The highest BCUT2D eigenvalue weighted by atomic mass is 19.2. The van der Waals surface area contributed by atoms with Gasteiger partial charge in [-0.15, -0.1) is 0 Å². The maximum Gasteiger partial charge on any atom is 0.310 e. The standard InChI is InChI=1S/C17H17F5O2/c1-7(2)5-9-10(17(9,3)4)16(23)24-6-8-11(18)13(20)15(22)14(21)12(8)19/h5,9-10H,6H2,1-4H3/t9-,10+/m1/s1. The number of halogens is 5. The molecule has 0 unspecified atom stereocenters. The van der Waals surface area contributed by atoms with E-state index in [2.05, 4.69) is 0 Å². The largest absolute Gasteiger partial charge is 0.460 e. The van der Waals surface area contributed by atoms with Crippen LogP contribution in [0.25, 0.3) is 0 Å². The molecule has 132 valence electrons. The Hall–Kier alpha value is -1.92. The highest BCUT2D eigenvalue weighted by Crippen LogP contribution is 2.59. The molecule has 1 aromatic rings. The fourth-order valence-corrected chi connectivity index (χ4v) is 2.81. The van der Waals surface area contributed by atoms with E-state index in [1.54, 1.807) is 0 Å². The first-order valence-electron chi connectivity index (χ1n) is 7.32. The molecule has 1 aliphatic carbocycles. The van der Waals surface area contributed by atoms with Gasteiger partial charge in [-0.2, -0.15) is 0 Å². The lowest BCUT2D eigenvalue weighted by atomic mass is 10.1. The smallest absolute Gasteiger partial charge is 0.310 e. The van der Waals surface area contributed by atoms with Crippen molar-refractivity contribution in [1.82, 2.24) is 0 Å². The summed E-state index contributed by atoms with van der Waals surface area (Å²) in [5.41, 5.74) is -0.537. The minimum Gasteiger partial charge on any atom is -0.460 e. The van der Waals surface area contributed by atoms with Gasteiger partial charge in [0, 0.05) is 0 Å². The van der Waals surface area contributed by atoms with Crippen molar-refractivity contribution < 1.29 is 31.5 Å². The molecule has 0 saturated heterocycles. The van der Waals surface area contributed by atoms with Gasteiger partial charge in [0.25, 0.3) is 0 Å². The SMILES string of the molecule is CC(C)=C[C@@H]1[C@@H](C(=O)OCc2c(F)c(F)c(F)c(F)c2F)C1(C)C. The number of hydrogen-bond acceptors (Lipinski definition) is 2. The van der Waals surface area contributed by atoms with Crippen LogP contribution in [-0.4, -0.2) is 5.97 Å². The zero-order chi connectivity index (χ0) is 18.4. The minimum atomic E-state index is -2.24. The lowest BCUT2D eigenvalue weighted by Crippen LogP contribution is -2.14. The number of carbonyl (C=O) groups excluding carboxylic acids is 1. The lowest BCUT2D eigenvalue weighted by Gasteiger charge is -2.09. The van der Waals surface area contributed by atoms with E-state index in [1.165, 1.54) is 0 Å². The van der Waals surface area contributed by atoms with Crippen LogP contribution in [0.4, 0.5) is 22.0 Å². The zero-order valence-electron chi connectivity index (χ0n) is 13.6. The van der Waals surface area contributed by atoms with Crippen LogP contribution in [0.2, 0.25) is 0 Å². The average Bonchev–Trinajstić information content (AvgIpc) is 3.02. The molecular formula is C17H17F5O2. The third-order valence-electron chi connectivity index (χ3n) is 4.34. The molecule has 0 amide bonds. The molecule has 0 spiro atoms. The summed E-state index contributed by atoms with van der Waals surface area (Å²) in [6.07, 6.45) is 1.89. The summed E-state index contributed by atoms with van der Waals surface area (Å²) in [5, 5.41) is 0. The molecule has 0 aromatic heterocycles. The van der Waals surface area contributed by atoms with Crippen molar-refractivity contribution in [3.63, 3.8) is 0 Å². The third kappa shape index (κ3) is 3.03. The number of ether oxygens (including phenoxy) is 1. The third-order valence-corrected chi connectivity index (χ3v) is 4.34. The highest BCUT2D eigenvalue weighted by molar-refractivity contribution is 5.78. The Kier molecular flexibility index (Phi) is 4.74. The average molecular weight is 348 g/mol. The fraction of sp³-hybridized carbons (Fsp3) is 0.471. The molecule has 1 saturated carbocycles. The second kappa shape index (κ2) is 6.18. The zero-order valence-corrected chi connectivity index (χ0v) is 13.6. The molecule has 0 aliphatic heterocycles. The van der Waals surface area contributed by atoms with E-state index in [9.17, 15) is 26.7 Å². The first-order chi connectivity index (χ1) is 11.0. The Bertz CT molecular complexity index is 691. The monoisotopic (exact) mass is 348 g/mol. The molecule has 1 aromatic carbocycles. The number of rotatable bonds is 4. The number of hydrogen-bond donors (Lipinski definition) is 0. The molecule has 2 nitrogen and oxygen atoms in total. The van der Waals surface area contributed by atoms with E-state index in [0.29, 0.717) is 0 Å². The van der Waals surface area contributed by atoms with Crippen LogP contribution >= 0.6 is 0 Å². The molecule has 0 bridgehead atoms. The van der Waals surface area contributed by atoms with Gasteiger partial charge in [-0.25, -0.2) is 22.0 Å². The van der Waals surface area contributed by atoms with E-state index >= 15 is 0 Å². The van der Waals surface area contributed by atoms with Crippen molar-refractivity contribution >= 4 is 5.97 Å². The predicted octanol–water partition coefficient (Wildman–Crippen LogP) is 4.66. The van der Waals surface area contributed by atoms with Crippen molar-refractivity contribution in [2.24, 2.45) is 17.3 Å². The molecule has 7 heteroatoms. The van der Waals surface area contributed by atoms with Crippen molar-refractivity contribution in [3.05, 3.63) is 46.3 Å². The fourth-order valence-electron chi connectivity index (χ4n) is 2.81. The Morgan fingerprint density at radius 2 is 1.46 bits per heavy atom. The summed E-state index contributed by atoms with van der Waals surface area (Å²) in [6.45, 7) is 6.39. The summed E-state index contributed by atoms with van der Waals surface area (Å²) in [7, 11) is 0. The van der Waals surface area contributed by atoms with Crippen LogP contribution in [0.15, 0.2) is 11.6 Å². The Balaban J connectivity index is 2.16. The van der Waals surface area contributed by atoms with Gasteiger partial charge in [0.15, 0.2) is 23.3 Å². The molecule has 0 radical (unpaired) electrons. The molecular weight excluding hydrogens is 331 g/mol. The van der Waals surface area contributed by atoms with Crippen molar-refractivity contribution in [3.8, 4) is 0 Å². The Labute approximate surface area is 136 Å². The van der Waals surface area contributed by atoms with Crippen molar-refractivity contribution in [1.29, 1.82) is 0 Å². The van der Waals surface area contributed by atoms with Crippen molar-refractivity contribution in [2.45, 2.75) is 34.3 Å². The molecule has 0 heterocycles. The summed E-state index contributed by atoms with van der Waals surface area (Å²) in [5.74, 6) is -11.7. The molecule has 24 heavy (non-hydrogen) atoms. The van der Waals surface area contributed by atoms with E-state index in [-0.39, 0.29) is 11.3 Å². The predicted molar refractivity (Wildman–Crippen MR) is 76.2 cm³/mol. The normalized spacial score (nSPS) is 21.4. The van der Waals surface area contributed by atoms with Gasteiger partial charge in [0.2, 0.25) is 5.82 Å². The van der Waals surface area contributed by atoms with E-state index < -0.39 is 53.1 Å². The van der Waals surface area contributed by atoms with E-state index in [1.807, 2.05) is 33.8 Å². The summed E-state index contributed by atoms with van der Waals surface area (Å²) in [4.78, 5) is 12.1. The Morgan fingerprint density at radius 3 is 1.92 bits per heavy atom. The summed E-state index contributed by atoms with van der Waals surface area (Å²) in [6, 6.07) is 0. The maximum absolute atomic E-state index is 13.5. The molecule has 1 fully saturated rings. The van der Waals surface area contributed by atoms with Gasteiger partial charge in [-0.05, 0) is 25.2 Å². The summed E-state index contributed by atoms with van der Waals surface area (Å²) < 4.78 is 71.1. The van der Waals surface area contributed by atoms with Gasteiger partial charge in [-0.1, -0.05) is 25.5 Å². The van der Waals surface area contributed by atoms with Crippen LogP contribution in [0.1, 0.15) is 33.3 Å². The molecule has 0 N–H and O–H groups in total. The molecule has 2 atom stereocenters. The van der Waals surface area contributed by atoms with Gasteiger partial charge in [0.05, 0.1) is 11.5 Å². The quantitative estimate of drug-likeness (QED) is 0.260. The Morgan fingerprint density at radius 1 is 1.00 bits per heavy atom. The van der Waals surface area contributed by atoms with Crippen LogP contribution in [0.5, 0.6) is 0 Å². The van der Waals surface area contributed by atoms with Crippen LogP contribution in [0, 0.1) is 46.3 Å². The van der Waals surface area contributed by atoms with Gasteiger partial charge in [-0.3, -0.25) is 4.79 Å². The maximum atomic E-state index is 13.5. The van der Waals surface area contributed by atoms with Gasteiger partial charge < -0.3 is 4.74 Å². The number of esters is 1. The van der Waals surface area contributed by atoms with Gasteiger partial charge in [0.1, 0.15) is 6.61 Å². The first-order valence-corrected chi connectivity index (χ1v) is 7.32. The topological polar surface area (TPSA) is 26.3 Å². The van der Waals surface area contributed by atoms with Crippen LogP contribution in [0.3, 0.4) is 0 Å². The van der Waals surface area contributed by atoms with E-state index in [4.69, 9.17) is 4.74 Å². The number of allylic oxidation sites excluding steroid dienone is 2.